The average Bonchev–Trinajstić information content (AvgIpc) is 2.78. The molecule has 0 spiro atoms. The first-order valence-electron chi connectivity index (χ1n) is 6.10. The Morgan fingerprint density at radius 2 is 1.88 bits per heavy atom. The summed E-state index contributed by atoms with van der Waals surface area (Å²) in [4.78, 5) is 4.18. The number of benzene rings is 1. The number of hydrogen-bond donors (Lipinski definition) is 1. The van der Waals surface area contributed by atoms with Crippen molar-refractivity contribution in [3.63, 3.8) is 0 Å². The van der Waals surface area contributed by atoms with Crippen LogP contribution in [0.4, 0.5) is 0 Å². The molecule has 3 nitrogen and oxygen atoms in total. The summed E-state index contributed by atoms with van der Waals surface area (Å²) >= 11 is 0. The van der Waals surface area contributed by atoms with Crippen molar-refractivity contribution in [2.45, 2.75) is 26.3 Å². The maximum absolute atomic E-state index is 5.58. The largest absolute Gasteiger partial charge is 0.330 e. The standard InChI is InChI=1S/C14H19N3/c1-2-12-3-5-13(6-4-12)10-17-11-16-9-14(17)7-8-15/h3-6,9,11H,2,7-8,10,15H2,1H3. The molecule has 3 heteroatoms. The molecule has 2 rings (SSSR count). The van der Waals surface area contributed by atoms with E-state index in [2.05, 4.69) is 40.7 Å². The first-order valence-corrected chi connectivity index (χ1v) is 6.10. The molecule has 0 saturated heterocycles. The molecule has 2 N–H and O–H groups in total. The topological polar surface area (TPSA) is 43.8 Å². The van der Waals surface area contributed by atoms with Crippen LogP contribution < -0.4 is 5.73 Å². The second kappa shape index (κ2) is 5.64. The van der Waals surface area contributed by atoms with Gasteiger partial charge in [0.2, 0.25) is 0 Å². The highest BCUT2D eigenvalue weighted by atomic mass is 15.0. The Kier molecular flexibility index (Phi) is 3.94. The Morgan fingerprint density at radius 3 is 2.53 bits per heavy atom. The second-order valence-electron chi connectivity index (χ2n) is 4.22. The molecule has 0 amide bonds. The molecule has 0 unspecified atom stereocenters. The first kappa shape index (κ1) is 11.9. The van der Waals surface area contributed by atoms with E-state index in [0.29, 0.717) is 6.54 Å². The van der Waals surface area contributed by atoms with Crippen molar-refractivity contribution in [3.8, 4) is 0 Å². The van der Waals surface area contributed by atoms with Crippen molar-refractivity contribution < 1.29 is 0 Å². The van der Waals surface area contributed by atoms with Crippen LogP contribution in [0.1, 0.15) is 23.7 Å². The highest BCUT2D eigenvalue weighted by Crippen LogP contribution is 2.09. The van der Waals surface area contributed by atoms with Gasteiger partial charge in [-0.15, -0.1) is 0 Å². The molecule has 0 fully saturated rings. The third kappa shape index (κ3) is 2.94. The number of aromatic nitrogens is 2. The Hall–Kier alpha value is -1.61. The molecule has 0 radical (unpaired) electrons. The summed E-state index contributed by atoms with van der Waals surface area (Å²) in [5.41, 5.74) is 9.46. The zero-order valence-corrected chi connectivity index (χ0v) is 10.3. The molecule has 0 saturated carbocycles. The van der Waals surface area contributed by atoms with E-state index in [-0.39, 0.29) is 0 Å². The Bertz CT molecular complexity index is 457. The van der Waals surface area contributed by atoms with Gasteiger partial charge in [0, 0.05) is 24.9 Å². The summed E-state index contributed by atoms with van der Waals surface area (Å²) in [6, 6.07) is 8.75. The van der Waals surface area contributed by atoms with E-state index in [0.717, 1.165) is 19.4 Å². The summed E-state index contributed by atoms with van der Waals surface area (Å²) in [7, 11) is 0. The van der Waals surface area contributed by atoms with Gasteiger partial charge in [0.25, 0.3) is 0 Å². The molecule has 90 valence electrons. The predicted octanol–water partition coefficient (Wildman–Crippen LogP) is 1.99. The maximum atomic E-state index is 5.58. The van der Waals surface area contributed by atoms with E-state index in [4.69, 9.17) is 5.73 Å². The van der Waals surface area contributed by atoms with Crippen molar-refractivity contribution in [2.75, 3.05) is 6.54 Å². The van der Waals surface area contributed by atoms with Crippen LogP contribution in [0.25, 0.3) is 0 Å². The number of aryl methyl sites for hydroxylation is 1. The van der Waals surface area contributed by atoms with E-state index in [9.17, 15) is 0 Å². The molecule has 0 bridgehead atoms. The fourth-order valence-corrected chi connectivity index (χ4v) is 1.92. The van der Waals surface area contributed by atoms with Gasteiger partial charge in [-0.1, -0.05) is 31.2 Å². The zero-order chi connectivity index (χ0) is 12.1. The van der Waals surface area contributed by atoms with Gasteiger partial charge in [0.15, 0.2) is 0 Å². The van der Waals surface area contributed by atoms with Gasteiger partial charge in [-0.05, 0) is 24.1 Å². The zero-order valence-electron chi connectivity index (χ0n) is 10.3. The van der Waals surface area contributed by atoms with E-state index in [1.54, 1.807) is 0 Å². The van der Waals surface area contributed by atoms with E-state index < -0.39 is 0 Å². The highest BCUT2D eigenvalue weighted by Gasteiger charge is 2.02. The third-order valence-electron chi connectivity index (χ3n) is 2.98. The molecular formula is C14H19N3. The summed E-state index contributed by atoms with van der Waals surface area (Å²) < 4.78 is 2.16. The molecule has 17 heavy (non-hydrogen) atoms. The Morgan fingerprint density at radius 1 is 1.18 bits per heavy atom. The Balaban J connectivity index is 2.10. The van der Waals surface area contributed by atoms with Crippen molar-refractivity contribution in [3.05, 3.63) is 53.6 Å². The van der Waals surface area contributed by atoms with Crippen LogP contribution in [0.2, 0.25) is 0 Å². The smallest absolute Gasteiger partial charge is 0.0951 e. The number of rotatable bonds is 5. The van der Waals surface area contributed by atoms with Crippen LogP contribution >= 0.6 is 0 Å². The molecule has 0 aliphatic heterocycles. The van der Waals surface area contributed by atoms with Crippen LogP contribution in [0.5, 0.6) is 0 Å². The number of nitrogens with two attached hydrogens (primary N) is 1. The van der Waals surface area contributed by atoms with Crippen LogP contribution in [0.3, 0.4) is 0 Å². The third-order valence-corrected chi connectivity index (χ3v) is 2.98. The minimum atomic E-state index is 0.667. The molecule has 1 aromatic heterocycles. The number of imidazole rings is 1. The summed E-state index contributed by atoms with van der Waals surface area (Å²) in [5, 5.41) is 0. The van der Waals surface area contributed by atoms with Crippen LogP contribution in [-0.2, 0) is 19.4 Å². The first-order chi connectivity index (χ1) is 8.33. The minimum absolute atomic E-state index is 0.667. The van der Waals surface area contributed by atoms with Gasteiger partial charge in [-0.2, -0.15) is 0 Å². The van der Waals surface area contributed by atoms with Gasteiger partial charge in [-0.3, -0.25) is 0 Å². The second-order valence-corrected chi connectivity index (χ2v) is 4.22. The van der Waals surface area contributed by atoms with Gasteiger partial charge >= 0.3 is 0 Å². The normalized spacial score (nSPS) is 10.7. The lowest BCUT2D eigenvalue weighted by Gasteiger charge is -2.08. The van der Waals surface area contributed by atoms with E-state index in [1.165, 1.54) is 16.8 Å². The summed E-state index contributed by atoms with van der Waals surface area (Å²) in [6.45, 7) is 3.71. The van der Waals surface area contributed by atoms with Gasteiger partial charge in [0.05, 0.1) is 6.33 Å². The molecule has 1 heterocycles. The minimum Gasteiger partial charge on any atom is -0.330 e. The summed E-state index contributed by atoms with van der Waals surface area (Å²) in [6.07, 6.45) is 5.74. The van der Waals surface area contributed by atoms with Crippen molar-refractivity contribution in [2.24, 2.45) is 5.73 Å². The van der Waals surface area contributed by atoms with E-state index in [1.807, 2.05) is 12.5 Å². The average molecular weight is 229 g/mol. The Labute approximate surface area is 102 Å². The van der Waals surface area contributed by atoms with Crippen molar-refractivity contribution in [1.29, 1.82) is 0 Å². The highest BCUT2D eigenvalue weighted by molar-refractivity contribution is 5.23. The SMILES string of the molecule is CCc1ccc(Cn2cncc2CCN)cc1. The molecule has 0 atom stereocenters. The van der Waals surface area contributed by atoms with Crippen molar-refractivity contribution in [1.82, 2.24) is 9.55 Å². The van der Waals surface area contributed by atoms with Gasteiger partial charge in [0.1, 0.15) is 0 Å². The predicted molar refractivity (Wildman–Crippen MR) is 69.9 cm³/mol. The quantitative estimate of drug-likeness (QED) is 0.852. The number of nitrogens with zero attached hydrogens (tertiary/aromatic N) is 2. The fourth-order valence-electron chi connectivity index (χ4n) is 1.92. The van der Waals surface area contributed by atoms with Crippen LogP contribution in [0, 0.1) is 0 Å². The van der Waals surface area contributed by atoms with Crippen molar-refractivity contribution >= 4 is 0 Å². The lowest BCUT2D eigenvalue weighted by atomic mass is 10.1. The number of hydrogen-bond acceptors (Lipinski definition) is 2. The monoisotopic (exact) mass is 229 g/mol. The van der Waals surface area contributed by atoms with Crippen LogP contribution in [-0.4, -0.2) is 16.1 Å². The van der Waals surface area contributed by atoms with Gasteiger partial charge in [-0.25, -0.2) is 4.98 Å². The molecular weight excluding hydrogens is 210 g/mol. The summed E-state index contributed by atoms with van der Waals surface area (Å²) in [5.74, 6) is 0. The van der Waals surface area contributed by atoms with E-state index >= 15 is 0 Å². The fraction of sp³-hybridized carbons (Fsp3) is 0.357. The molecule has 2 aromatic rings. The van der Waals surface area contributed by atoms with Crippen LogP contribution in [0.15, 0.2) is 36.8 Å². The maximum Gasteiger partial charge on any atom is 0.0951 e. The molecule has 0 aliphatic carbocycles. The molecule has 1 aromatic carbocycles. The van der Waals surface area contributed by atoms with Gasteiger partial charge < -0.3 is 10.3 Å². The molecule has 0 aliphatic rings. The lowest BCUT2D eigenvalue weighted by Crippen LogP contribution is -2.09. The lowest BCUT2D eigenvalue weighted by molar-refractivity contribution is 0.733.